The Balaban J connectivity index is 1.60. The molecular formula is C27H42O5. The van der Waals surface area contributed by atoms with Crippen LogP contribution >= 0.6 is 0 Å². The van der Waals surface area contributed by atoms with Crippen LogP contribution in [0.5, 0.6) is 0 Å². The third-order valence-corrected chi connectivity index (χ3v) is 10.2. The highest BCUT2D eigenvalue weighted by molar-refractivity contribution is 5.91. The van der Waals surface area contributed by atoms with Gasteiger partial charge in [0.1, 0.15) is 6.79 Å². The molecule has 0 saturated heterocycles. The van der Waals surface area contributed by atoms with Crippen molar-refractivity contribution in [2.45, 2.75) is 84.7 Å². The molecule has 5 nitrogen and oxygen atoms in total. The number of esters is 1. The summed E-state index contributed by atoms with van der Waals surface area (Å²) < 4.78 is 16.5. The van der Waals surface area contributed by atoms with Crippen LogP contribution in [0.2, 0.25) is 0 Å². The molecule has 0 radical (unpaired) electrons. The van der Waals surface area contributed by atoms with Crippen molar-refractivity contribution in [3.05, 3.63) is 11.6 Å². The Morgan fingerprint density at radius 2 is 1.94 bits per heavy atom. The van der Waals surface area contributed by atoms with Gasteiger partial charge in [-0.05, 0) is 91.4 Å². The molecule has 0 aliphatic heterocycles. The van der Waals surface area contributed by atoms with Gasteiger partial charge >= 0.3 is 5.97 Å². The fourth-order valence-corrected chi connectivity index (χ4v) is 8.45. The van der Waals surface area contributed by atoms with Gasteiger partial charge in [-0.1, -0.05) is 26.3 Å². The molecule has 0 bridgehead atoms. The van der Waals surface area contributed by atoms with E-state index in [0.29, 0.717) is 49.2 Å². The molecule has 0 spiro atoms. The maximum Gasteiger partial charge on any atom is 0.305 e. The summed E-state index contributed by atoms with van der Waals surface area (Å²) in [5.74, 6) is 3.04. The molecule has 4 aliphatic rings. The van der Waals surface area contributed by atoms with Crippen LogP contribution in [0.1, 0.15) is 78.6 Å². The first-order valence-electron chi connectivity index (χ1n) is 12.7. The zero-order valence-electron chi connectivity index (χ0n) is 20.7. The molecule has 4 rings (SSSR count). The van der Waals surface area contributed by atoms with Crippen molar-refractivity contribution in [3.8, 4) is 0 Å². The quantitative estimate of drug-likeness (QED) is 0.391. The van der Waals surface area contributed by atoms with E-state index in [1.165, 1.54) is 38.4 Å². The van der Waals surface area contributed by atoms with Gasteiger partial charge in [0.2, 0.25) is 0 Å². The van der Waals surface area contributed by atoms with Crippen molar-refractivity contribution in [1.82, 2.24) is 0 Å². The Labute approximate surface area is 193 Å². The molecule has 3 unspecified atom stereocenters. The molecule has 180 valence electrons. The van der Waals surface area contributed by atoms with Gasteiger partial charge in [-0.25, -0.2) is 0 Å². The molecule has 0 amide bonds. The minimum Gasteiger partial charge on any atom is -0.469 e. The van der Waals surface area contributed by atoms with Gasteiger partial charge in [-0.3, -0.25) is 9.59 Å². The molecule has 0 aromatic carbocycles. The van der Waals surface area contributed by atoms with E-state index in [4.69, 9.17) is 14.2 Å². The lowest BCUT2D eigenvalue weighted by Crippen LogP contribution is -2.56. The predicted octanol–water partition coefficient (Wildman–Crippen LogP) is 5.32. The Bertz CT molecular complexity index is 759. The number of methoxy groups -OCH3 is 2. The van der Waals surface area contributed by atoms with E-state index in [9.17, 15) is 9.59 Å². The van der Waals surface area contributed by atoms with Gasteiger partial charge in [-0.15, -0.1) is 0 Å². The second-order valence-electron chi connectivity index (χ2n) is 11.5. The summed E-state index contributed by atoms with van der Waals surface area (Å²) in [6, 6.07) is 0. The molecule has 0 N–H and O–H groups in total. The fourth-order valence-electron chi connectivity index (χ4n) is 8.45. The van der Waals surface area contributed by atoms with Gasteiger partial charge in [0.25, 0.3) is 0 Å². The smallest absolute Gasteiger partial charge is 0.305 e. The molecule has 32 heavy (non-hydrogen) atoms. The molecule has 0 aromatic rings. The van der Waals surface area contributed by atoms with Crippen molar-refractivity contribution in [2.75, 3.05) is 21.0 Å². The lowest BCUT2D eigenvalue weighted by Gasteiger charge is -2.60. The summed E-state index contributed by atoms with van der Waals surface area (Å²) in [5.41, 5.74) is 1.73. The second-order valence-corrected chi connectivity index (χ2v) is 11.5. The molecule has 0 aromatic heterocycles. The Morgan fingerprint density at radius 1 is 1.16 bits per heavy atom. The van der Waals surface area contributed by atoms with Gasteiger partial charge in [-0.2, -0.15) is 0 Å². The zero-order chi connectivity index (χ0) is 23.1. The maximum atomic E-state index is 12.2. The molecular weight excluding hydrogens is 404 g/mol. The molecule has 3 fully saturated rings. The van der Waals surface area contributed by atoms with E-state index in [2.05, 4.69) is 20.8 Å². The number of ketones is 1. The highest BCUT2D eigenvalue weighted by Crippen LogP contribution is 2.68. The summed E-state index contributed by atoms with van der Waals surface area (Å²) in [6.07, 6.45) is 10.9. The van der Waals surface area contributed by atoms with E-state index in [0.717, 1.165) is 19.3 Å². The van der Waals surface area contributed by atoms with Crippen molar-refractivity contribution in [1.29, 1.82) is 0 Å². The average Bonchev–Trinajstić information content (AvgIpc) is 3.13. The zero-order valence-corrected chi connectivity index (χ0v) is 20.7. The Hall–Kier alpha value is -1.20. The third kappa shape index (κ3) is 3.98. The minimum absolute atomic E-state index is 0.0975. The van der Waals surface area contributed by atoms with E-state index >= 15 is 0 Å². The molecule has 3 saturated carbocycles. The third-order valence-electron chi connectivity index (χ3n) is 10.2. The summed E-state index contributed by atoms with van der Waals surface area (Å²) in [7, 11) is 3.17. The predicted molar refractivity (Wildman–Crippen MR) is 123 cm³/mol. The molecule has 5 heteroatoms. The standard InChI is InChI=1S/C27H42O5/c1-17(6-9-24(29)31-5)20-7-8-21-25-22(11-13-27(20,21)3)26(2)12-10-19(28)14-18(26)15-23(25)32-16-30-4/h14,17,20-23,25H,6-13,15-16H2,1-5H3/t17-,20-,21?,22?,23-,25?,26+,27-/m1/s1. The van der Waals surface area contributed by atoms with Crippen molar-refractivity contribution in [2.24, 2.45) is 40.4 Å². The van der Waals surface area contributed by atoms with Crippen LogP contribution in [0.25, 0.3) is 0 Å². The largest absolute Gasteiger partial charge is 0.469 e. The van der Waals surface area contributed by atoms with Gasteiger partial charge < -0.3 is 14.2 Å². The van der Waals surface area contributed by atoms with Crippen LogP contribution < -0.4 is 0 Å². The van der Waals surface area contributed by atoms with Gasteiger partial charge in [0.15, 0.2) is 5.78 Å². The Kier molecular flexibility index (Phi) is 6.89. The first-order chi connectivity index (χ1) is 15.2. The highest BCUT2D eigenvalue weighted by atomic mass is 16.7. The van der Waals surface area contributed by atoms with E-state index < -0.39 is 0 Å². The summed E-state index contributed by atoms with van der Waals surface area (Å²) in [6.45, 7) is 7.59. The molecule has 8 atom stereocenters. The highest BCUT2D eigenvalue weighted by Gasteiger charge is 2.62. The first kappa shape index (κ1) is 23.9. The topological polar surface area (TPSA) is 61.8 Å². The molecule has 4 aliphatic carbocycles. The van der Waals surface area contributed by atoms with Crippen LogP contribution in [0.3, 0.4) is 0 Å². The minimum atomic E-state index is -0.0975. The number of fused-ring (bicyclic) bond motifs is 5. The van der Waals surface area contributed by atoms with Crippen molar-refractivity contribution in [3.63, 3.8) is 0 Å². The van der Waals surface area contributed by atoms with Crippen LogP contribution in [0, 0.1) is 40.4 Å². The second kappa shape index (κ2) is 9.21. The van der Waals surface area contributed by atoms with Gasteiger partial charge in [0, 0.05) is 20.0 Å². The van der Waals surface area contributed by atoms with Crippen LogP contribution in [0.15, 0.2) is 11.6 Å². The average molecular weight is 447 g/mol. The monoisotopic (exact) mass is 446 g/mol. The van der Waals surface area contributed by atoms with E-state index in [1.54, 1.807) is 7.11 Å². The molecule has 0 heterocycles. The lowest BCUT2D eigenvalue weighted by molar-refractivity contribution is -0.165. The van der Waals surface area contributed by atoms with Gasteiger partial charge in [0.05, 0.1) is 13.2 Å². The fraction of sp³-hybridized carbons (Fsp3) is 0.852. The normalized spacial score (nSPS) is 41.8. The van der Waals surface area contributed by atoms with Crippen LogP contribution in [-0.4, -0.2) is 38.9 Å². The number of hydrogen-bond donors (Lipinski definition) is 0. The SMILES string of the molecule is COCO[C@@H]1CC2=CC(=O)CC[C@]2(C)C2CC[C@@]3(C)C(CC[C@@H]3[C@H](C)CCC(=O)OC)C21. The van der Waals surface area contributed by atoms with E-state index in [1.807, 2.05) is 6.08 Å². The number of hydrogen-bond acceptors (Lipinski definition) is 5. The first-order valence-corrected chi connectivity index (χ1v) is 12.7. The maximum absolute atomic E-state index is 12.2. The summed E-state index contributed by atoms with van der Waals surface area (Å²) in [5, 5.41) is 0. The van der Waals surface area contributed by atoms with Crippen molar-refractivity contribution >= 4 is 11.8 Å². The Morgan fingerprint density at radius 3 is 2.66 bits per heavy atom. The summed E-state index contributed by atoms with van der Waals surface area (Å²) >= 11 is 0. The number of carbonyl (C=O) groups is 2. The lowest BCUT2D eigenvalue weighted by atomic mass is 9.45. The number of ether oxygens (including phenoxy) is 3. The number of carbonyl (C=O) groups excluding carboxylic acids is 2. The van der Waals surface area contributed by atoms with Crippen molar-refractivity contribution < 1.29 is 23.8 Å². The van der Waals surface area contributed by atoms with Crippen LogP contribution in [0.4, 0.5) is 0 Å². The van der Waals surface area contributed by atoms with E-state index in [-0.39, 0.29) is 28.7 Å². The van der Waals surface area contributed by atoms with Crippen LogP contribution in [-0.2, 0) is 23.8 Å². The summed E-state index contributed by atoms with van der Waals surface area (Å²) in [4.78, 5) is 24.0. The number of rotatable bonds is 7.